The zero-order chi connectivity index (χ0) is 15.6. The van der Waals surface area contributed by atoms with Gasteiger partial charge in [-0.3, -0.25) is 4.79 Å². The second-order valence-electron chi connectivity index (χ2n) is 4.40. The normalized spacial score (nSPS) is 11.4. The van der Waals surface area contributed by atoms with Crippen LogP contribution in [0.1, 0.15) is 21.7 Å². The molecule has 1 heterocycles. The highest BCUT2D eigenvalue weighted by molar-refractivity contribution is 7.89. The Kier molecular flexibility index (Phi) is 4.36. The molecule has 0 aliphatic carbocycles. The van der Waals surface area contributed by atoms with E-state index in [0.717, 1.165) is 11.6 Å². The quantitative estimate of drug-likeness (QED) is 0.893. The number of hydrogen-bond donors (Lipinski definition) is 2. The average Bonchev–Trinajstić information content (AvgIpc) is 2.80. The van der Waals surface area contributed by atoms with Crippen molar-refractivity contribution >= 4 is 27.5 Å². The highest BCUT2D eigenvalue weighted by atomic mass is 35.5. The van der Waals surface area contributed by atoms with Gasteiger partial charge < -0.3 is 9.73 Å². The number of hydrogen-bond acceptors (Lipinski definition) is 4. The lowest BCUT2D eigenvalue weighted by molar-refractivity contribution is 0.0948. The van der Waals surface area contributed by atoms with E-state index in [4.69, 9.17) is 21.2 Å². The monoisotopic (exact) mass is 328 g/mol. The van der Waals surface area contributed by atoms with Crippen LogP contribution in [0.15, 0.2) is 39.8 Å². The van der Waals surface area contributed by atoms with Crippen LogP contribution in [0.2, 0.25) is 5.02 Å². The van der Waals surface area contributed by atoms with E-state index in [-0.39, 0.29) is 22.0 Å². The van der Waals surface area contributed by atoms with Crippen LogP contribution in [0, 0.1) is 6.92 Å². The fourth-order valence-electron chi connectivity index (χ4n) is 1.71. The minimum atomic E-state index is -3.98. The molecule has 1 amide bonds. The van der Waals surface area contributed by atoms with Crippen LogP contribution in [0.25, 0.3) is 0 Å². The molecule has 0 saturated carbocycles. The molecule has 8 heteroatoms. The first-order valence-corrected chi connectivity index (χ1v) is 7.85. The maximum absolute atomic E-state index is 12.0. The van der Waals surface area contributed by atoms with Gasteiger partial charge in [0.1, 0.15) is 10.7 Å². The third kappa shape index (κ3) is 3.63. The summed E-state index contributed by atoms with van der Waals surface area (Å²) in [5.41, 5.74) is 1.06. The topological polar surface area (TPSA) is 102 Å². The summed E-state index contributed by atoms with van der Waals surface area (Å²) in [5, 5.41) is 7.64. The Labute approximate surface area is 126 Å². The number of primary sulfonamides is 1. The van der Waals surface area contributed by atoms with Crippen molar-refractivity contribution in [1.29, 1.82) is 0 Å². The van der Waals surface area contributed by atoms with Gasteiger partial charge in [0.15, 0.2) is 0 Å². The van der Waals surface area contributed by atoms with Crippen molar-refractivity contribution in [3.63, 3.8) is 0 Å². The number of amides is 1. The van der Waals surface area contributed by atoms with E-state index >= 15 is 0 Å². The third-order valence-electron chi connectivity index (χ3n) is 2.88. The predicted molar refractivity (Wildman–Crippen MR) is 77.4 cm³/mol. The van der Waals surface area contributed by atoms with Crippen molar-refractivity contribution in [3.05, 3.63) is 52.4 Å². The molecule has 0 saturated heterocycles. The molecule has 0 atom stereocenters. The van der Waals surface area contributed by atoms with E-state index in [1.54, 1.807) is 6.07 Å². The lowest BCUT2D eigenvalue weighted by Crippen LogP contribution is -2.23. The van der Waals surface area contributed by atoms with E-state index in [1.807, 2.05) is 6.92 Å². The number of carbonyl (C=O) groups excluding carboxylic acids is 1. The van der Waals surface area contributed by atoms with Gasteiger partial charge in [0.25, 0.3) is 5.91 Å². The van der Waals surface area contributed by atoms with Crippen molar-refractivity contribution in [3.8, 4) is 0 Å². The van der Waals surface area contributed by atoms with Crippen molar-refractivity contribution < 1.29 is 17.6 Å². The molecule has 21 heavy (non-hydrogen) atoms. The molecule has 2 aromatic rings. The highest BCUT2D eigenvalue weighted by Gasteiger charge is 2.16. The Bertz CT molecular complexity index is 783. The molecule has 3 N–H and O–H groups in total. The highest BCUT2D eigenvalue weighted by Crippen LogP contribution is 2.21. The zero-order valence-electron chi connectivity index (χ0n) is 11.1. The molecule has 0 aliphatic heterocycles. The van der Waals surface area contributed by atoms with Crippen molar-refractivity contribution in [1.82, 2.24) is 5.32 Å². The summed E-state index contributed by atoms with van der Waals surface area (Å²) >= 11 is 5.76. The molecular weight excluding hydrogens is 316 g/mol. The SMILES string of the molecule is Cc1ccoc1CNC(=O)c1ccc(Cl)c(S(N)(=O)=O)c1. The Morgan fingerprint density at radius 3 is 2.67 bits per heavy atom. The minimum absolute atomic E-state index is 0.0315. The molecule has 0 radical (unpaired) electrons. The lowest BCUT2D eigenvalue weighted by Gasteiger charge is -2.07. The van der Waals surface area contributed by atoms with Gasteiger partial charge >= 0.3 is 0 Å². The van der Waals surface area contributed by atoms with Gasteiger partial charge in [-0.05, 0) is 36.8 Å². The van der Waals surface area contributed by atoms with Crippen molar-refractivity contribution in [2.75, 3.05) is 0 Å². The molecule has 0 bridgehead atoms. The fourth-order valence-corrected chi connectivity index (χ4v) is 2.78. The molecular formula is C13H13ClN2O4S. The summed E-state index contributed by atoms with van der Waals surface area (Å²) in [5.74, 6) is 0.177. The van der Waals surface area contributed by atoms with Crippen LogP contribution >= 0.6 is 11.6 Å². The molecule has 6 nitrogen and oxygen atoms in total. The number of sulfonamides is 1. The number of nitrogens with one attached hydrogen (secondary N) is 1. The standard InChI is InChI=1S/C13H13ClN2O4S/c1-8-4-5-20-11(8)7-16-13(17)9-2-3-10(14)12(6-9)21(15,18)19/h2-6H,7H2,1H3,(H,16,17)(H2,15,18,19). The second kappa shape index (κ2) is 5.88. The number of halogens is 1. The van der Waals surface area contributed by atoms with Crippen LogP contribution in [-0.4, -0.2) is 14.3 Å². The Morgan fingerprint density at radius 2 is 2.10 bits per heavy atom. The van der Waals surface area contributed by atoms with Gasteiger partial charge in [-0.1, -0.05) is 11.6 Å². The number of aryl methyl sites for hydroxylation is 1. The van der Waals surface area contributed by atoms with Gasteiger partial charge in [0, 0.05) is 5.56 Å². The van der Waals surface area contributed by atoms with Crippen LogP contribution in [0.5, 0.6) is 0 Å². The summed E-state index contributed by atoms with van der Waals surface area (Å²) in [6.07, 6.45) is 1.53. The Balaban J connectivity index is 2.19. The summed E-state index contributed by atoms with van der Waals surface area (Å²) < 4.78 is 27.9. The molecule has 112 valence electrons. The molecule has 2 rings (SSSR count). The summed E-state index contributed by atoms with van der Waals surface area (Å²) in [4.78, 5) is 11.7. The van der Waals surface area contributed by atoms with Gasteiger partial charge in [-0.15, -0.1) is 0 Å². The lowest BCUT2D eigenvalue weighted by atomic mass is 10.2. The number of carbonyl (C=O) groups is 1. The summed E-state index contributed by atoms with van der Waals surface area (Å²) in [6, 6.07) is 5.65. The van der Waals surface area contributed by atoms with E-state index in [9.17, 15) is 13.2 Å². The van der Waals surface area contributed by atoms with Crippen molar-refractivity contribution in [2.45, 2.75) is 18.4 Å². The second-order valence-corrected chi connectivity index (χ2v) is 6.34. The first-order chi connectivity index (χ1) is 9.79. The van der Waals surface area contributed by atoms with Crippen LogP contribution in [0.4, 0.5) is 0 Å². The molecule has 0 spiro atoms. The number of nitrogens with two attached hydrogens (primary N) is 1. The number of rotatable bonds is 4. The van der Waals surface area contributed by atoms with E-state index < -0.39 is 15.9 Å². The zero-order valence-corrected chi connectivity index (χ0v) is 12.7. The largest absolute Gasteiger partial charge is 0.467 e. The first-order valence-electron chi connectivity index (χ1n) is 5.92. The molecule has 0 fully saturated rings. The van der Waals surface area contributed by atoms with E-state index in [2.05, 4.69) is 5.32 Å². The van der Waals surface area contributed by atoms with Gasteiger partial charge in [-0.25, -0.2) is 13.6 Å². The Hall–Kier alpha value is -1.83. The van der Waals surface area contributed by atoms with Crippen LogP contribution in [-0.2, 0) is 16.6 Å². The molecule has 1 aromatic heterocycles. The Morgan fingerprint density at radius 1 is 1.38 bits per heavy atom. The third-order valence-corrected chi connectivity index (χ3v) is 4.27. The molecule has 0 aliphatic rings. The predicted octanol–water partition coefficient (Wildman–Crippen LogP) is 1.82. The van der Waals surface area contributed by atoms with Crippen molar-refractivity contribution in [2.24, 2.45) is 5.14 Å². The maximum Gasteiger partial charge on any atom is 0.251 e. The smallest absolute Gasteiger partial charge is 0.251 e. The first kappa shape index (κ1) is 15.6. The van der Waals surface area contributed by atoms with Gasteiger partial charge in [0.2, 0.25) is 10.0 Å². The maximum atomic E-state index is 12.0. The number of furan rings is 1. The molecule has 0 unspecified atom stereocenters. The summed E-state index contributed by atoms with van der Waals surface area (Å²) in [7, 11) is -3.98. The van der Waals surface area contributed by atoms with E-state index in [1.165, 1.54) is 18.4 Å². The fraction of sp³-hybridized carbons (Fsp3) is 0.154. The molecule has 1 aromatic carbocycles. The van der Waals surface area contributed by atoms with Gasteiger partial charge in [0.05, 0.1) is 17.8 Å². The van der Waals surface area contributed by atoms with E-state index in [0.29, 0.717) is 5.76 Å². The summed E-state index contributed by atoms with van der Waals surface area (Å²) in [6.45, 7) is 2.05. The minimum Gasteiger partial charge on any atom is -0.467 e. The van der Waals surface area contributed by atoms with Crippen LogP contribution in [0.3, 0.4) is 0 Å². The van der Waals surface area contributed by atoms with Gasteiger partial charge in [-0.2, -0.15) is 0 Å². The average molecular weight is 329 g/mol. The van der Waals surface area contributed by atoms with Crippen LogP contribution < -0.4 is 10.5 Å². The number of benzene rings is 1.